The molecule has 0 saturated carbocycles. The zero-order valence-corrected chi connectivity index (χ0v) is 26.7. The standard InChI is InChI=1S/C36H26F3N3O3S2/c1-22(34(44)41-27-14-10-24(11-15-27)33(43)17-16-29-7-4-18-46-29)47-35-31(21-40)30(23-8-12-26(13-9-23)36(37,38)39)20-32(42-35)25-5-3-6-28(19-25)45-2/h3-20,22H,1-2H3,(H,41,44). The maximum absolute atomic E-state index is 13.3. The first kappa shape index (κ1) is 33.2. The van der Waals surface area contributed by atoms with E-state index >= 15 is 0 Å². The molecule has 2 aromatic heterocycles. The molecule has 3 aromatic carbocycles. The predicted octanol–water partition coefficient (Wildman–Crippen LogP) is 9.39. The van der Waals surface area contributed by atoms with Crippen LogP contribution < -0.4 is 10.1 Å². The molecule has 47 heavy (non-hydrogen) atoms. The lowest BCUT2D eigenvalue weighted by molar-refractivity contribution is -0.137. The van der Waals surface area contributed by atoms with Gasteiger partial charge in [-0.25, -0.2) is 4.98 Å². The number of thiophene rings is 1. The third-order valence-corrected chi connectivity index (χ3v) is 8.95. The number of alkyl halides is 3. The molecule has 0 aliphatic carbocycles. The lowest BCUT2D eigenvalue weighted by Gasteiger charge is -2.16. The Morgan fingerprint density at radius 2 is 1.74 bits per heavy atom. The number of nitrogens with zero attached hydrogens (tertiary/aromatic N) is 2. The molecule has 0 fully saturated rings. The first-order valence-electron chi connectivity index (χ1n) is 14.2. The van der Waals surface area contributed by atoms with Gasteiger partial charge in [0, 0.05) is 27.3 Å². The number of hydrogen-bond acceptors (Lipinski definition) is 7. The molecule has 6 nitrogen and oxygen atoms in total. The van der Waals surface area contributed by atoms with Crippen molar-refractivity contribution >= 4 is 46.6 Å². The van der Waals surface area contributed by atoms with Crippen LogP contribution in [-0.4, -0.2) is 29.0 Å². The fourth-order valence-electron chi connectivity index (χ4n) is 4.53. The maximum atomic E-state index is 13.3. The minimum Gasteiger partial charge on any atom is -0.497 e. The smallest absolute Gasteiger partial charge is 0.416 e. The van der Waals surface area contributed by atoms with E-state index in [1.807, 2.05) is 17.5 Å². The van der Waals surface area contributed by atoms with Gasteiger partial charge in [0.2, 0.25) is 5.91 Å². The van der Waals surface area contributed by atoms with Crippen molar-refractivity contribution in [3.63, 3.8) is 0 Å². The van der Waals surface area contributed by atoms with Gasteiger partial charge in [-0.3, -0.25) is 9.59 Å². The van der Waals surface area contributed by atoms with Crippen molar-refractivity contribution in [2.24, 2.45) is 0 Å². The quantitative estimate of drug-likeness (QED) is 0.0905. The first-order valence-corrected chi connectivity index (χ1v) is 15.9. The molecule has 1 unspecified atom stereocenters. The Labute approximate surface area is 277 Å². The molecule has 0 aliphatic heterocycles. The lowest BCUT2D eigenvalue weighted by Crippen LogP contribution is -2.22. The highest BCUT2D eigenvalue weighted by atomic mass is 32.2. The number of amides is 1. The van der Waals surface area contributed by atoms with Crippen LogP contribution in [0.5, 0.6) is 5.75 Å². The van der Waals surface area contributed by atoms with Gasteiger partial charge >= 0.3 is 6.18 Å². The zero-order chi connectivity index (χ0) is 33.6. The Morgan fingerprint density at radius 1 is 1.00 bits per heavy atom. The Bertz CT molecular complexity index is 1970. The molecule has 236 valence electrons. The van der Waals surface area contributed by atoms with Crippen LogP contribution in [0.2, 0.25) is 0 Å². The molecule has 5 aromatic rings. The average Bonchev–Trinajstić information content (AvgIpc) is 3.60. The summed E-state index contributed by atoms with van der Waals surface area (Å²) in [5.41, 5.74) is 2.12. The highest BCUT2D eigenvalue weighted by Crippen LogP contribution is 2.38. The number of allylic oxidation sites excluding steroid dienone is 1. The number of nitriles is 1. The molecule has 1 amide bonds. The van der Waals surface area contributed by atoms with Gasteiger partial charge < -0.3 is 10.1 Å². The van der Waals surface area contributed by atoms with Crippen LogP contribution in [0, 0.1) is 11.3 Å². The number of hydrogen-bond donors (Lipinski definition) is 1. The van der Waals surface area contributed by atoms with Crippen molar-refractivity contribution in [3.8, 4) is 34.2 Å². The Hall–Kier alpha value is -5.18. The number of carbonyl (C=O) groups is 2. The Morgan fingerprint density at radius 3 is 2.38 bits per heavy atom. The van der Waals surface area contributed by atoms with Gasteiger partial charge in [0.05, 0.1) is 29.2 Å². The van der Waals surface area contributed by atoms with Crippen molar-refractivity contribution in [1.82, 2.24) is 4.98 Å². The number of ketones is 1. The van der Waals surface area contributed by atoms with Crippen molar-refractivity contribution in [1.29, 1.82) is 5.26 Å². The fourth-order valence-corrected chi connectivity index (χ4v) is 6.08. The van der Waals surface area contributed by atoms with E-state index in [9.17, 15) is 28.0 Å². The number of thioether (sulfide) groups is 1. The summed E-state index contributed by atoms with van der Waals surface area (Å²) in [5.74, 6) is 0.0215. The zero-order valence-electron chi connectivity index (χ0n) is 25.0. The van der Waals surface area contributed by atoms with Gasteiger partial charge in [-0.2, -0.15) is 18.4 Å². The molecule has 2 heterocycles. The summed E-state index contributed by atoms with van der Waals surface area (Å²) in [7, 11) is 1.52. The van der Waals surface area contributed by atoms with Crippen LogP contribution in [0.25, 0.3) is 28.5 Å². The van der Waals surface area contributed by atoms with Gasteiger partial charge in [-0.05, 0) is 90.7 Å². The van der Waals surface area contributed by atoms with E-state index in [4.69, 9.17) is 9.72 Å². The van der Waals surface area contributed by atoms with Crippen LogP contribution >= 0.6 is 23.1 Å². The normalized spacial score (nSPS) is 12.0. The van der Waals surface area contributed by atoms with E-state index in [1.54, 1.807) is 67.6 Å². The number of pyridine rings is 1. The number of halogens is 3. The van der Waals surface area contributed by atoms with Crippen molar-refractivity contribution < 1.29 is 27.5 Å². The van der Waals surface area contributed by atoms with Crippen molar-refractivity contribution in [3.05, 3.63) is 124 Å². The Balaban J connectivity index is 1.40. The summed E-state index contributed by atoms with van der Waals surface area (Å²) in [6.07, 6.45) is -1.27. The summed E-state index contributed by atoms with van der Waals surface area (Å²) in [5, 5.41) is 14.5. The first-order chi connectivity index (χ1) is 22.5. The third kappa shape index (κ3) is 8.16. The van der Waals surface area contributed by atoms with E-state index in [2.05, 4.69) is 11.4 Å². The topological polar surface area (TPSA) is 92.1 Å². The number of aromatic nitrogens is 1. The second-order valence-corrected chi connectivity index (χ2v) is 12.5. The molecule has 0 spiro atoms. The van der Waals surface area contributed by atoms with Crippen LogP contribution in [0.3, 0.4) is 0 Å². The number of anilines is 1. The number of benzene rings is 3. The number of methoxy groups -OCH3 is 1. The molecule has 0 bridgehead atoms. The van der Waals surface area contributed by atoms with Gasteiger partial charge in [0.25, 0.3) is 0 Å². The predicted molar refractivity (Wildman–Crippen MR) is 179 cm³/mol. The highest BCUT2D eigenvalue weighted by Gasteiger charge is 2.30. The van der Waals surface area contributed by atoms with Crippen molar-refractivity contribution in [2.75, 3.05) is 12.4 Å². The van der Waals surface area contributed by atoms with Crippen LogP contribution in [0.4, 0.5) is 18.9 Å². The summed E-state index contributed by atoms with van der Waals surface area (Å²) < 4.78 is 45.1. The van der Waals surface area contributed by atoms with E-state index < -0.39 is 17.0 Å². The summed E-state index contributed by atoms with van der Waals surface area (Å²) in [6, 6.07) is 25.7. The molecule has 0 radical (unpaired) electrons. The van der Waals surface area contributed by atoms with Crippen LogP contribution in [0.1, 0.15) is 33.3 Å². The minimum absolute atomic E-state index is 0.125. The van der Waals surface area contributed by atoms with Crippen molar-refractivity contribution in [2.45, 2.75) is 23.4 Å². The number of carbonyl (C=O) groups excluding carboxylic acids is 2. The molecule has 1 N–H and O–H groups in total. The van der Waals surface area contributed by atoms with Gasteiger partial charge in [0.15, 0.2) is 5.78 Å². The number of nitrogens with one attached hydrogen (secondary N) is 1. The molecular weight excluding hydrogens is 644 g/mol. The lowest BCUT2D eigenvalue weighted by atomic mass is 9.98. The second kappa shape index (κ2) is 14.5. The molecule has 0 saturated heterocycles. The summed E-state index contributed by atoms with van der Waals surface area (Å²) >= 11 is 2.57. The Kier molecular flexibility index (Phi) is 10.2. The van der Waals surface area contributed by atoms with E-state index in [-0.39, 0.29) is 22.3 Å². The molecule has 1 atom stereocenters. The van der Waals surface area contributed by atoms with E-state index in [0.29, 0.717) is 39.4 Å². The van der Waals surface area contributed by atoms with Gasteiger partial charge in [-0.15, -0.1) is 11.3 Å². The molecule has 11 heteroatoms. The number of rotatable bonds is 10. The monoisotopic (exact) mass is 669 g/mol. The van der Waals surface area contributed by atoms with Crippen LogP contribution in [0.15, 0.2) is 107 Å². The molecule has 5 rings (SSSR count). The molecular formula is C36H26F3N3O3S2. The SMILES string of the molecule is COc1cccc(-c2cc(-c3ccc(C(F)(F)F)cc3)c(C#N)c(SC(C)C(=O)Nc3ccc(C(=O)C=Cc4cccs4)cc3)n2)c1. The third-order valence-electron chi connectivity index (χ3n) is 7.02. The largest absolute Gasteiger partial charge is 0.497 e. The van der Waals surface area contributed by atoms with E-state index in [0.717, 1.165) is 28.8 Å². The fraction of sp³-hybridized carbons (Fsp3) is 0.111. The van der Waals surface area contributed by atoms with Gasteiger partial charge in [-0.1, -0.05) is 42.1 Å². The highest BCUT2D eigenvalue weighted by molar-refractivity contribution is 8.00. The van der Waals surface area contributed by atoms with E-state index in [1.165, 1.54) is 36.7 Å². The van der Waals surface area contributed by atoms with Gasteiger partial charge in [0.1, 0.15) is 16.8 Å². The summed E-state index contributed by atoms with van der Waals surface area (Å²) in [6.45, 7) is 1.66. The number of ether oxygens (including phenoxy) is 1. The molecule has 0 aliphatic rings. The average molecular weight is 670 g/mol. The maximum Gasteiger partial charge on any atom is 0.416 e. The summed E-state index contributed by atoms with van der Waals surface area (Å²) in [4.78, 5) is 31.5. The van der Waals surface area contributed by atoms with Crippen LogP contribution in [-0.2, 0) is 11.0 Å². The second-order valence-electron chi connectivity index (χ2n) is 10.2. The minimum atomic E-state index is -4.51.